The van der Waals surface area contributed by atoms with E-state index in [4.69, 9.17) is 9.47 Å². The van der Waals surface area contributed by atoms with Crippen LogP contribution in [0.5, 0.6) is 0 Å². The Bertz CT molecular complexity index is 1350. The first-order chi connectivity index (χ1) is 23.5. The minimum absolute atomic E-state index is 0.293. The molecule has 0 aliphatic rings. The zero-order valence-corrected chi connectivity index (χ0v) is 29.8. The van der Waals surface area contributed by atoms with E-state index in [-0.39, 0.29) is 0 Å². The predicted molar refractivity (Wildman–Crippen MR) is 200 cm³/mol. The number of unbranched alkanes of at least 4 members (excludes halogenated alkanes) is 10. The molecule has 0 amide bonds. The molecule has 0 heterocycles. The van der Waals surface area contributed by atoms with Crippen molar-refractivity contribution in [1.29, 1.82) is 0 Å². The average molecular weight is 669 g/mol. The van der Waals surface area contributed by atoms with E-state index in [1.54, 1.807) is 24.3 Å². The summed E-state index contributed by atoms with van der Waals surface area (Å²) in [6, 6.07) is 35.9. The first-order valence-electron chi connectivity index (χ1n) is 17.7. The second kappa shape index (κ2) is 22.6. The summed E-state index contributed by atoms with van der Waals surface area (Å²) < 4.78 is 24.5. The number of hydrogen-bond donors (Lipinski definition) is 0. The lowest BCUT2D eigenvalue weighted by Crippen LogP contribution is -2.24. The molecule has 0 radical (unpaired) electrons. The number of carbonyl (C=O) groups is 2. The Kier molecular flexibility index (Phi) is 18.1. The molecule has 0 saturated carbocycles. The van der Waals surface area contributed by atoms with E-state index in [2.05, 4.69) is 13.8 Å². The van der Waals surface area contributed by atoms with Crippen LogP contribution < -0.4 is 15.9 Å². The summed E-state index contributed by atoms with van der Waals surface area (Å²) in [5.74, 6) is -0.888. The van der Waals surface area contributed by atoms with Gasteiger partial charge in [0.05, 0.1) is 24.3 Å². The highest BCUT2D eigenvalue weighted by Crippen LogP contribution is 2.41. The van der Waals surface area contributed by atoms with Gasteiger partial charge in [0.2, 0.25) is 0 Å². The Morgan fingerprint density at radius 2 is 0.729 bits per heavy atom. The van der Waals surface area contributed by atoms with Gasteiger partial charge in [-0.05, 0) is 25.0 Å². The number of ether oxygens (including phenoxy) is 2. The molecule has 0 spiro atoms. The third-order valence-corrected chi connectivity index (χ3v) is 11.3. The van der Waals surface area contributed by atoms with Gasteiger partial charge in [0.15, 0.2) is 7.14 Å². The van der Waals surface area contributed by atoms with Crippen LogP contribution in [0.3, 0.4) is 0 Å². The van der Waals surface area contributed by atoms with Gasteiger partial charge in [-0.2, -0.15) is 0 Å². The van der Waals surface area contributed by atoms with Crippen LogP contribution in [-0.2, 0) is 14.0 Å². The summed E-state index contributed by atoms with van der Waals surface area (Å²) in [7, 11) is -2.78. The lowest BCUT2D eigenvalue weighted by molar-refractivity contribution is 0.0450. The van der Waals surface area contributed by atoms with Gasteiger partial charge in [0.25, 0.3) is 0 Å². The molecule has 4 rings (SSSR count). The molecule has 6 heteroatoms. The molecule has 0 fully saturated rings. The highest BCUT2D eigenvalue weighted by Gasteiger charge is 2.29. The van der Waals surface area contributed by atoms with Crippen LogP contribution in [-0.4, -0.2) is 25.2 Å². The molecule has 0 aliphatic heterocycles. The fraction of sp³-hybridized carbons (Fsp3) is 0.381. The van der Waals surface area contributed by atoms with E-state index in [9.17, 15) is 14.2 Å². The van der Waals surface area contributed by atoms with Crippen LogP contribution in [0.4, 0.5) is 0 Å². The molecule has 0 bridgehead atoms. The second-order valence-corrected chi connectivity index (χ2v) is 14.7. The quantitative estimate of drug-likeness (QED) is 0.0565. The monoisotopic (exact) mass is 668 g/mol. The van der Waals surface area contributed by atoms with Gasteiger partial charge in [0, 0.05) is 15.9 Å². The standard InChI is InChI=1S/C24H38O4.C18H15OP/c1-3-5-7-9-11-15-19-27-23(25)21-17-13-14-18-22(21)24(26)28-20-16-12-10-8-6-4-2;19-20(16-10-4-1-5-11-16,17-12-6-2-7-13-17)18-14-8-3-9-15-18/h13-14,17-18H,3-12,15-16,19-20H2,1-2H3;1-15H. The maximum absolute atomic E-state index is 13.8. The lowest BCUT2D eigenvalue weighted by atomic mass is 10.1. The summed E-state index contributed by atoms with van der Waals surface area (Å²) in [4.78, 5) is 24.7. The Morgan fingerprint density at radius 3 is 1.06 bits per heavy atom. The molecule has 256 valence electrons. The van der Waals surface area contributed by atoms with Crippen LogP contribution in [0, 0.1) is 0 Å². The van der Waals surface area contributed by atoms with Crippen LogP contribution in [0.2, 0.25) is 0 Å². The number of carbonyl (C=O) groups excluding carboxylic acids is 2. The van der Waals surface area contributed by atoms with Crippen LogP contribution >= 0.6 is 7.14 Å². The zero-order chi connectivity index (χ0) is 34.3. The van der Waals surface area contributed by atoms with E-state index in [1.807, 2.05) is 91.0 Å². The van der Waals surface area contributed by atoms with E-state index in [0.717, 1.165) is 41.6 Å². The maximum Gasteiger partial charge on any atom is 0.339 e. The van der Waals surface area contributed by atoms with Crippen LogP contribution in [0.1, 0.15) is 112 Å². The molecule has 0 atom stereocenters. The minimum atomic E-state index is -2.78. The summed E-state index contributed by atoms with van der Waals surface area (Å²) in [5, 5.41) is 2.62. The molecule has 48 heavy (non-hydrogen) atoms. The van der Waals surface area contributed by atoms with E-state index >= 15 is 0 Å². The Balaban J connectivity index is 0.000000273. The van der Waals surface area contributed by atoms with Gasteiger partial charge >= 0.3 is 11.9 Å². The van der Waals surface area contributed by atoms with Gasteiger partial charge < -0.3 is 14.0 Å². The minimum Gasteiger partial charge on any atom is -0.462 e. The van der Waals surface area contributed by atoms with Gasteiger partial charge in [-0.3, -0.25) is 0 Å². The SMILES string of the molecule is CCCCCCCCOC(=O)c1ccccc1C(=O)OCCCCCCCC.O=P(c1ccccc1)(c1ccccc1)c1ccccc1. The molecule has 0 unspecified atom stereocenters. The summed E-state index contributed by atoms with van der Waals surface area (Å²) >= 11 is 0. The molecule has 4 aromatic rings. The molecular weight excluding hydrogens is 615 g/mol. The van der Waals surface area contributed by atoms with Crippen molar-refractivity contribution in [2.45, 2.75) is 90.9 Å². The molecular formula is C42H53O5P. The van der Waals surface area contributed by atoms with Gasteiger partial charge in [-0.1, -0.05) is 181 Å². The van der Waals surface area contributed by atoms with E-state index in [1.165, 1.54) is 51.4 Å². The molecule has 0 aliphatic carbocycles. The molecule has 0 N–H and O–H groups in total. The normalized spacial score (nSPS) is 10.9. The van der Waals surface area contributed by atoms with Crippen molar-refractivity contribution in [1.82, 2.24) is 0 Å². The van der Waals surface area contributed by atoms with Crippen molar-refractivity contribution in [2.75, 3.05) is 13.2 Å². The van der Waals surface area contributed by atoms with Crippen molar-refractivity contribution in [3.8, 4) is 0 Å². The highest BCUT2D eigenvalue weighted by atomic mass is 31.2. The topological polar surface area (TPSA) is 69.7 Å². The van der Waals surface area contributed by atoms with Crippen LogP contribution in [0.15, 0.2) is 115 Å². The van der Waals surface area contributed by atoms with Crippen molar-refractivity contribution >= 4 is 35.0 Å². The first-order valence-corrected chi connectivity index (χ1v) is 19.4. The molecule has 0 aromatic heterocycles. The first kappa shape index (κ1) is 38.5. The Hall–Kier alpha value is -3.95. The maximum atomic E-state index is 13.8. The smallest absolute Gasteiger partial charge is 0.339 e. The summed E-state index contributed by atoms with van der Waals surface area (Å²) in [6.45, 7) is 5.17. The zero-order valence-electron chi connectivity index (χ0n) is 28.9. The average Bonchev–Trinajstić information content (AvgIpc) is 3.15. The van der Waals surface area contributed by atoms with Gasteiger partial charge in [0.1, 0.15) is 0 Å². The largest absolute Gasteiger partial charge is 0.462 e. The molecule has 0 saturated heterocycles. The number of rotatable bonds is 19. The van der Waals surface area contributed by atoms with Crippen molar-refractivity contribution in [3.63, 3.8) is 0 Å². The Morgan fingerprint density at radius 1 is 0.438 bits per heavy atom. The number of benzene rings is 4. The second-order valence-electron chi connectivity index (χ2n) is 12.0. The van der Waals surface area contributed by atoms with Gasteiger partial charge in [-0.25, -0.2) is 9.59 Å². The van der Waals surface area contributed by atoms with Crippen molar-refractivity contribution < 1.29 is 23.6 Å². The number of hydrogen-bond acceptors (Lipinski definition) is 5. The van der Waals surface area contributed by atoms with Crippen LogP contribution in [0.25, 0.3) is 0 Å². The lowest BCUT2D eigenvalue weighted by Gasteiger charge is -2.19. The third kappa shape index (κ3) is 12.6. The summed E-state index contributed by atoms with van der Waals surface area (Å²) in [5.41, 5.74) is 0.586. The van der Waals surface area contributed by atoms with Crippen molar-refractivity contribution in [3.05, 3.63) is 126 Å². The van der Waals surface area contributed by atoms with Gasteiger partial charge in [-0.15, -0.1) is 0 Å². The number of esters is 2. The molecule has 5 nitrogen and oxygen atoms in total. The van der Waals surface area contributed by atoms with Crippen molar-refractivity contribution in [2.24, 2.45) is 0 Å². The fourth-order valence-corrected chi connectivity index (χ4v) is 8.12. The molecule has 4 aromatic carbocycles. The fourth-order valence-electron chi connectivity index (χ4n) is 5.45. The predicted octanol–water partition coefficient (Wildman–Crippen LogP) is 10.0. The van der Waals surface area contributed by atoms with E-state index < -0.39 is 19.1 Å². The van der Waals surface area contributed by atoms with E-state index in [0.29, 0.717) is 24.3 Å². The Labute approximate surface area is 288 Å². The highest BCUT2D eigenvalue weighted by molar-refractivity contribution is 7.85. The third-order valence-electron chi connectivity index (χ3n) is 8.19. The summed E-state index contributed by atoms with van der Waals surface area (Å²) in [6.07, 6.45) is 13.6.